The van der Waals surface area contributed by atoms with Crippen LogP contribution in [0.5, 0.6) is 11.5 Å². The number of para-hydroxylation sites is 1. The smallest absolute Gasteiger partial charge is 0.488 e. The number of ether oxygens (including phenoxy) is 1. The third-order valence-corrected chi connectivity index (χ3v) is 8.85. The topological polar surface area (TPSA) is 148 Å². The van der Waals surface area contributed by atoms with E-state index in [0.29, 0.717) is 28.3 Å². The molecule has 2 aliphatic rings. The van der Waals surface area contributed by atoms with Crippen molar-refractivity contribution in [1.29, 1.82) is 0 Å². The number of fused-ring (bicyclic) bond motifs is 1. The minimum Gasteiger partial charge on any atom is -0.508 e. The van der Waals surface area contributed by atoms with Crippen LogP contribution < -0.4 is 15.1 Å². The van der Waals surface area contributed by atoms with Gasteiger partial charge in [-0.1, -0.05) is 53.6 Å². The molecule has 4 atom stereocenters. The second kappa shape index (κ2) is 14.0. The van der Waals surface area contributed by atoms with Crippen LogP contribution in [-0.4, -0.2) is 63.6 Å². The van der Waals surface area contributed by atoms with E-state index in [2.05, 4.69) is 0 Å². The number of aliphatic hydroxyl groups is 2. The number of phenols is 1. The van der Waals surface area contributed by atoms with Crippen molar-refractivity contribution in [2.24, 2.45) is 17.8 Å². The summed E-state index contributed by atoms with van der Waals surface area (Å²) in [7, 11) is -1.78. The number of aromatic hydroxyl groups is 1. The van der Waals surface area contributed by atoms with E-state index < -0.39 is 49.4 Å². The van der Waals surface area contributed by atoms with E-state index in [1.807, 2.05) is 31.2 Å². The third-order valence-electron chi connectivity index (χ3n) is 8.52. The summed E-state index contributed by atoms with van der Waals surface area (Å²) in [6.07, 6.45) is 1.73. The van der Waals surface area contributed by atoms with Crippen molar-refractivity contribution in [3.8, 4) is 11.5 Å². The van der Waals surface area contributed by atoms with Crippen molar-refractivity contribution in [3.05, 3.63) is 100 Å². The van der Waals surface area contributed by atoms with Gasteiger partial charge in [0, 0.05) is 5.92 Å². The summed E-state index contributed by atoms with van der Waals surface area (Å²) in [6.45, 7) is 1.49. The van der Waals surface area contributed by atoms with Gasteiger partial charge in [0.1, 0.15) is 18.1 Å². The first-order valence-corrected chi connectivity index (χ1v) is 15.1. The van der Waals surface area contributed by atoms with E-state index in [0.717, 1.165) is 16.0 Å². The third kappa shape index (κ3) is 7.00. The Labute approximate surface area is 266 Å². The summed E-state index contributed by atoms with van der Waals surface area (Å²) in [5.74, 6) is -2.85. The van der Waals surface area contributed by atoms with Crippen LogP contribution in [0.15, 0.2) is 89.5 Å². The standard InChI is InChI=1S/C34H35BClNO8/c1-20(14-21-11-12-25(39)17-29(21)36)10-13-30(40)31-22(19-45-26-8-3-2-4-9-26)15-27-32(28(31)18-38)34(42)37(33(27)41)24-7-5-6-23(16-24)35(43)44/h2-9,11-12,14,16-17,27-28,30,32,38-40,43-44H,10,13,15,18-19H2,1H3/b20-14+/t27-,28+,30-,32-/m1/s1. The van der Waals surface area contributed by atoms with Gasteiger partial charge < -0.3 is 30.1 Å². The predicted molar refractivity (Wildman–Crippen MR) is 172 cm³/mol. The van der Waals surface area contributed by atoms with E-state index in [4.69, 9.17) is 16.3 Å². The Bertz CT molecular complexity index is 1630. The number of rotatable bonds is 11. The number of benzene rings is 3. The number of hydrogen-bond donors (Lipinski definition) is 5. The molecule has 9 nitrogen and oxygen atoms in total. The highest BCUT2D eigenvalue weighted by molar-refractivity contribution is 6.58. The van der Waals surface area contributed by atoms with Gasteiger partial charge in [-0.2, -0.15) is 0 Å². The molecule has 2 amide bonds. The van der Waals surface area contributed by atoms with Gasteiger partial charge in [0.15, 0.2) is 0 Å². The second-order valence-corrected chi connectivity index (χ2v) is 11.9. The number of carbonyl (C=O) groups is 2. The Kier molecular flexibility index (Phi) is 10.1. The fourth-order valence-corrected chi connectivity index (χ4v) is 6.58. The van der Waals surface area contributed by atoms with Crippen molar-refractivity contribution >= 4 is 47.8 Å². The average molecular weight is 632 g/mol. The molecule has 0 radical (unpaired) electrons. The summed E-state index contributed by atoms with van der Waals surface area (Å²) in [4.78, 5) is 28.7. The molecule has 1 heterocycles. The number of anilines is 1. The predicted octanol–water partition coefficient (Wildman–Crippen LogP) is 3.46. The van der Waals surface area contributed by atoms with Gasteiger partial charge in [-0.15, -0.1) is 0 Å². The molecule has 3 aromatic rings. The molecule has 0 bridgehead atoms. The van der Waals surface area contributed by atoms with Crippen LogP contribution >= 0.6 is 11.6 Å². The van der Waals surface area contributed by atoms with Crippen LogP contribution in [0, 0.1) is 17.8 Å². The number of nitrogens with zero attached hydrogens (tertiary/aromatic N) is 1. The molecule has 1 saturated heterocycles. The maximum Gasteiger partial charge on any atom is 0.488 e. The van der Waals surface area contributed by atoms with Crippen LogP contribution in [0.1, 0.15) is 31.7 Å². The van der Waals surface area contributed by atoms with E-state index in [1.165, 1.54) is 24.3 Å². The highest BCUT2D eigenvalue weighted by Gasteiger charge is 2.55. The molecule has 3 aromatic carbocycles. The first-order valence-electron chi connectivity index (χ1n) is 14.8. The molecule has 0 unspecified atom stereocenters. The van der Waals surface area contributed by atoms with Crippen molar-refractivity contribution in [1.82, 2.24) is 0 Å². The lowest BCUT2D eigenvalue weighted by Crippen LogP contribution is -2.40. The van der Waals surface area contributed by atoms with E-state index in [9.17, 15) is 35.0 Å². The number of aliphatic hydroxyl groups excluding tert-OH is 2. The lowest BCUT2D eigenvalue weighted by atomic mass is 9.68. The average Bonchev–Trinajstić information content (AvgIpc) is 3.28. The highest BCUT2D eigenvalue weighted by Crippen LogP contribution is 2.47. The van der Waals surface area contributed by atoms with E-state index in [-0.39, 0.29) is 36.3 Å². The van der Waals surface area contributed by atoms with Gasteiger partial charge in [0.05, 0.1) is 35.3 Å². The first kappa shape index (κ1) is 32.5. The highest BCUT2D eigenvalue weighted by atomic mass is 35.5. The van der Waals surface area contributed by atoms with Crippen LogP contribution in [0.3, 0.4) is 0 Å². The zero-order chi connectivity index (χ0) is 32.2. The monoisotopic (exact) mass is 631 g/mol. The van der Waals surface area contributed by atoms with Crippen LogP contribution in [-0.2, 0) is 9.59 Å². The molecule has 0 saturated carbocycles. The fraction of sp³-hybridized carbons (Fsp3) is 0.294. The molecule has 11 heteroatoms. The van der Waals surface area contributed by atoms with E-state index >= 15 is 0 Å². The second-order valence-electron chi connectivity index (χ2n) is 11.5. The lowest BCUT2D eigenvalue weighted by Gasteiger charge is -2.36. The Morgan fingerprint density at radius 3 is 2.51 bits per heavy atom. The summed E-state index contributed by atoms with van der Waals surface area (Å²) in [6, 6.07) is 19.7. The molecule has 45 heavy (non-hydrogen) atoms. The summed E-state index contributed by atoms with van der Waals surface area (Å²) in [5.41, 5.74) is 3.12. The molecule has 5 rings (SSSR count). The van der Waals surface area contributed by atoms with E-state index in [1.54, 1.807) is 30.3 Å². The molecule has 0 spiro atoms. The minimum atomic E-state index is -1.78. The van der Waals surface area contributed by atoms with Crippen LogP contribution in [0.4, 0.5) is 5.69 Å². The molecule has 1 aliphatic heterocycles. The maximum absolute atomic E-state index is 13.9. The Morgan fingerprint density at radius 1 is 1.07 bits per heavy atom. The first-order chi connectivity index (χ1) is 21.6. The van der Waals surface area contributed by atoms with Crippen molar-refractivity contribution in [2.45, 2.75) is 32.3 Å². The van der Waals surface area contributed by atoms with Crippen LogP contribution in [0.2, 0.25) is 5.02 Å². The summed E-state index contributed by atoms with van der Waals surface area (Å²) >= 11 is 6.27. The minimum absolute atomic E-state index is 0.0573. The van der Waals surface area contributed by atoms with Gasteiger partial charge in [-0.25, -0.2) is 0 Å². The van der Waals surface area contributed by atoms with Crippen LogP contribution in [0.25, 0.3) is 6.08 Å². The van der Waals surface area contributed by atoms with Crippen molar-refractivity contribution < 1.29 is 39.7 Å². The zero-order valence-corrected chi connectivity index (χ0v) is 25.5. The number of halogens is 1. The Hall–Kier alpha value is -3.93. The van der Waals surface area contributed by atoms with Crippen molar-refractivity contribution in [2.75, 3.05) is 18.1 Å². The number of allylic oxidation sites excluding steroid dienone is 1. The molecule has 1 aliphatic carbocycles. The number of imide groups is 1. The SMILES string of the molecule is C/C(=C\c1ccc(O)cc1Cl)CC[C@@H](O)C1=C(COc2ccccc2)C[C@H]2C(=O)N(c3cccc(B(O)O)c3)C(=O)[C@H]2[C@H]1CO. The number of amides is 2. The Morgan fingerprint density at radius 2 is 1.82 bits per heavy atom. The maximum atomic E-state index is 13.9. The molecule has 234 valence electrons. The van der Waals surface area contributed by atoms with Crippen molar-refractivity contribution in [3.63, 3.8) is 0 Å². The number of hydrogen-bond acceptors (Lipinski definition) is 8. The Balaban J connectivity index is 1.45. The molecule has 1 fully saturated rings. The van der Waals surface area contributed by atoms with Gasteiger partial charge >= 0.3 is 7.12 Å². The fourth-order valence-electron chi connectivity index (χ4n) is 6.35. The largest absolute Gasteiger partial charge is 0.508 e. The summed E-state index contributed by atoms with van der Waals surface area (Å²) in [5, 5.41) is 51.7. The molecule has 5 N–H and O–H groups in total. The molecular weight excluding hydrogens is 597 g/mol. The molecule has 0 aromatic heterocycles. The lowest BCUT2D eigenvalue weighted by molar-refractivity contribution is -0.123. The van der Waals surface area contributed by atoms with Gasteiger partial charge in [-0.3, -0.25) is 14.5 Å². The normalized spacial score (nSPS) is 20.8. The van der Waals surface area contributed by atoms with Gasteiger partial charge in [0.25, 0.3) is 0 Å². The molecular formula is C34H35BClNO8. The van der Waals surface area contributed by atoms with Gasteiger partial charge in [-0.05, 0) is 90.8 Å². The zero-order valence-electron chi connectivity index (χ0n) is 24.7. The quantitative estimate of drug-likeness (QED) is 0.123. The number of phenolic OH excluding ortho intramolecular Hbond substituents is 1. The van der Waals surface area contributed by atoms with Gasteiger partial charge in [0.2, 0.25) is 11.8 Å². The number of carbonyl (C=O) groups excluding carboxylic acids is 2. The summed E-state index contributed by atoms with van der Waals surface area (Å²) < 4.78 is 6.05.